The molecule has 4 aromatic rings. The molecule has 1 aliphatic heterocycles. The third-order valence-electron chi connectivity index (χ3n) is 5.32. The Kier molecular flexibility index (Phi) is 4.03. The first-order chi connectivity index (χ1) is 13.1. The lowest BCUT2D eigenvalue weighted by atomic mass is 10.1. The smallest absolute Gasteiger partial charge is 0.260 e. The lowest BCUT2D eigenvalue weighted by molar-refractivity contribution is 0.157. The third kappa shape index (κ3) is 2.86. The first kappa shape index (κ1) is 16.9. The number of aryl methyl sites for hydroxylation is 1. The van der Waals surface area contributed by atoms with Crippen LogP contribution in [0.4, 0.5) is 0 Å². The number of thiophene rings is 2. The number of H-pyrrole nitrogens is 1. The molecule has 0 saturated heterocycles. The predicted molar refractivity (Wildman–Crippen MR) is 112 cm³/mol. The monoisotopic (exact) mass is 396 g/mol. The van der Waals surface area contributed by atoms with E-state index in [4.69, 9.17) is 4.98 Å². The van der Waals surface area contributed by atoms with Gasteiger partial charge in [0.2, 0.25) is 0 Å². The highest BCUT2D eigenvalue weighted by atomic mass is 32.1. The van der Waals surface area contributed by atoms with Gasteiger partial charge >= 0.3 is 0 Å². The van der Waals surface area contributed by atoms with Crippen LogP contribution in [0.3, 0.4) is 0 Å². The molecule has 0 spiro atoms. The van der Waals surface area contributed by atoms with E-state index in [1.165, 1.54) is 10.6 Å². The molecule has 5 heterocycles. The minimum Gasteiger partial charge on any atom is -0.349 e. The van der Waals surface area contributed by atoms with Crippen LogP contribution < -0.4 is 5.56 Å². The Labute approximate surface area is 164 Å². The van der Waals surface area contributed by atoms with Crippen molar-refractivity contribution in [2.75, 3.05) is 6.54 Å². The van der Waals surface area contributed by atoms with Crippen molar-refractivity contribution in [2.45, 2.75) is 33.0 Å². The molecular formula is C20H20N4OS2. The van der Waals surface area contributed by atoms with Gasteiger partial charge in [0.25, 0.3) is 5.56 Å². The molecule has 0 aliphatic carbocycles. The van der Waals surface area contributed by atoms with Crippen LogP contribution in [0.1, 0.15) is 29.4 Å². The highest BCUT2D eigenvalue weighted by Gasteiger charge is 2.24. The summed E-state index contributed by atoms with van der Waals surface area (Å²) >= 11 is 3.26. The Bertz CT molecular complexity index is 1180. The molecule has 7 heteroatoms. The van der Waals surface area contributed by atoms with Crippen molar-refractivity contribution in [2.24, 2.45) is 0 Å². The van der Waals surface area contributed by atoms with E-state index in [9.17, 15) is 4.79 Å². The van der Waals surface area contributed by atoms with Gasteiger partial charge in [-0.05, 0) is 38.1 Å². The Morgan fingerprint density at radius 2 is 2.19 bits per heavy atom. The fourth-order valence-electron chi connectivity index (χ4n) is 3.86. The summed E-state index contributed by atoms with van der Waals surface area (Å²) in [5, 5.41) is 2.77. The largest absolute Gasteiger partial charge is 0.349 e. The van der Waals surface area contributed by atoms with Gasteiger partial charge in [-0.25, -0.2) is 4.98 Å². The zero-order valence-corrected chi connectivity index (χ0v) is 16.9. The third-order valence-corrected chi connectivity index (χ3v) is 7.23. The van der Waals surface area contributed by atoms with Crippen molar-refractivity contribution >= 4 is 32.9 Å². The Balaban J connectivity index is 1.48. The van der Waals surface area contributed by atoms with Crippen LogP contribution in [0.5, 0.6) is 0 Å². The quantitative estimate of drug-likeness (QED) is 0.558. The summed E-state index contributed by atoms with van der Waals surface area (Å²) < 4.78 is 2.30. The lowest BCUT2D eigenvalue weighted by Crippen LogP contribution is -2.36. The Morgan fingerprint density at radius 3 is 3.00 bits per heavy atom. The van der Waals surface area contributed by atoms with E-state index >= 15 is 0 Å². The maximum atomic E-state index is 12.8. The molecule has 0 aromatic carbocycles. The number of aromatic amines is 1. The van der Waals surface area contributed by atoms with E-state index < -0.39 is 0 Å². The SMILES string of the molecule is Cc1ccc(-c2csc3nc(CN4CCn5cccc5[C@H]4C)[nH]c(=O)c23)s1. The van der Waals surface area contributed by atoms with Gasteiger partial charge in [-0.3, -0.25) is 9.69 Å². The number of nitrogens with one attached hydrogen (secondary N) is 1. The van der Waals surface area contributed by atoms with Crippen LogP contribution in [0.15, 0.2) is 40.6 Å². The maximum absolute atomic E-state index is 12.8. The number of hydrogen-bond acceptors (Lipinski definition) is 5. The molecule has 0 bridgehead atoms. The summed E-state index contributed by atoms with van der Waals surface area (Å²) in [6.45, 7) is 6.88. The molecule has 0 amide bonds. The summed E-state index contributed by atoms with van der Waals surface area (Å²) in [5.74, 6) is 0.745. The van der Waals surface area contributed by atoms with E-state index in [-0.39, 0.29) is 5.56 Å². The van der Waals surface area contributed by atoms with Gasteiger partial charge in [0.15, 0.2) is 0 Å². The summed E-state index contributed by atoms with van der Waals surface area (Å²) in [6.07, 6.45) is 2.13. The van der Waals surface area contributed by atoms with Crippen LogP contribution in [0.2, 0.25) is 0 Å². The number of rotatable bonds is 3. The van der Waals surface area contributed by atoms with Crippen LogP contribution >= 0.6 is 22.7 Å². The number of aromatic nitrogens is 3. The average Bonchev–Trinajstić information content (AvgIpc) is 3.36. The van der Waals surface area contributed by atoms with Crippen molar-refractivity contribution in [3.05, 3.63) is 62.6 Å². The molecule has 5 nitrogen and oxygen atoms in total. The van der Waals surface area contributed by atoms with Crippen molar-refractivity contribution in [3.8, 4) is 10.4 Å². The molecule has 0 radical (unpaired) electrons. The van der Waals surface area contributed by atoms with Gasteiger partial charge in [0.05, 0.1) is 11.9 Å². The lowest BCUT2D eigenvalue weighted by Gasteiger charge is -2.34. The number of hydrogen-bond donors (Lipinski definition) is 1. The summed E-state index contributed by atoms with van der Waals surface area (Å²) in [4.78, 5) is 26.2. The van der Waals surface area contributed by atoms with Crippen molar-refractivity contribution in [1.82, 2.24) is 19.4 Å². The second-order valence-electron chi connectivity index (χ2n) is 7.03. The molecule has 0 fully saturated rings. The molecule has 0 unspecified atom stereocenters. The van der Waals surface area contributed by atoms with E-state index in [1.807, 2.05) is 0 Å². The first-order valence-electron chi connectivity index (χ1n) is 9.06. The van der Waals surface area contributed by atoms with Gasteiger partial charge in [-0.1, -0.05) is 0 Å². The van der Waals surface area contributed by atoms with Gasteiger partial charge in [0.1, 0.15) is 10.7 Å². The molecule has 4 aromatic heterocycles. The maximum Gasteiger partial charge on any atom is 0.260 e. The second-order valence-corrected chi connectivity index (χ2v) is 9.17. The number of fused-ring (bicyclic) bond motifs is 2. The van der Waals surface area contributed by atoms with E-state index in [0.29, 0.717) is 18.0 Å². The van der Waals surface area contributed by atoms with Crippen LogP contribution in [0.25, 0.3) is 20.7 Å². The average molecular weight is 397 g/mol. The van der Waals surface area contributed by atoms with Gasteiger partial charge in [-0.2, -0.15) is 0 Å². The predicted octanol–water partition coefficient (Wildman–Crippen LogP) is 4.40. The van der Waals surface area contributed by atoms with E-state index in [0.717, 1.165) is 34.2 Å². The standard InChI is InChI=1S/C20H20N4OS2/c1-12-5-6-16(27-12)14-11-26-20-18(14)19(25)21-17(22-20)10-24-9-8-23-7-3-4-15(23)13(24)2/h3-7,11,13H,8-10H2,1-2H3,(H,21,22,25)/t13-/m1/s1. The first-order valence-corrected chi connectivity index (χ1v) is 10.8. The van der Waals surface area contributed by atoms with Gasteiger partial charge in [-0.15, -0.1) is 22.7 Å². The molecule has 1 atom stereocenters. The summed E-state index contributed by atoms with van der Waals surface area (Å²) in [5.41, 5.74) is 2.28. The fourth-order valence-corrected chi connectivity index (χ4v) is 5.79. The molecule has 138 valence electrons. The Morgan fingerprint density at radius 1 is 1.30 bits per heavy atom. The minimum absolute atomic E-state index is 0.0367. The molecule has 1 aliphatic rings. The van der Waals surface area contributed by atoms with E-state index in [2.05, 4.69) is 64.1 Å². The molecule has 1 N–H and O–H groups in total. The Hall–Kier alpha value is -2.22. The van der Waals surface area contributed by atoms with Crippen LogP contribution in [0, 0.1) is 6.92 Å². The molecule has 5 rings (SSSR count). The molecular weight excluding hydrogens is 376 g/mol. The normalized spacial score (nSPS) is 17.5. The summed E-state index contributed by atoms with van der Waals surface area (Å²) in [7, 11) is 0. The fraction of sp³-hybridized carbons (Fsp3) is 0.300. The van der Waals surface area contributed by atoms with Crippen molar-refractivity contribution < 1.29 is 0 Å². The van der Waals surface area contributed by atoms with Crippen molar-refractivity contribution in [1.29, 1.82) is 0 Å². The zero-order chi connectivity index (χ0) is 18.5. The van der Waals surface area contributed by atoms with Gasteiger partial charge in [0, 0.05) is 51.7 Å². The minimum atomic E-state index is -0.0367. The molecule has 0 saturated carbocycles. The van der Waals surface area contributed by atoms with E-state index in [1.54, 1.807) is 22.7 Å². The highest BCUT2D eigenvalue weighted by Crippen LogP contribution is 2.35. The molecule has 27 heavy (non-hydrogen) atoms. The second kappa shape index (κ2) is 6.44. The zero-order valence-electron chi connectivity index (χ0n) is 15.2. The topological polar surface area (TPSA) is 53.9 Å². The van der Waals surface area contributed by atoms with Crippen LogP contribution in [-0.2, 0) is 13.1 Å². The van der Waals surface area contributed by atoms with Crippen molar-refractivity contribution in [3.63, 3.8) is 0 Å². The summed E-state index contributed by atoms with van der Waals surface area (Å²) in [6, 6.07) is 8.75. The highest BCUT2D eigenvalue weighted by molar-refractivity contribution is 7.19. The van der Waals surface area contributed by atoms with Crippen LogP contribution in [-0.4, -0.2) is 26.0 Å². The number of nitrogens with zero attached hydrogens (tertiary/aromatic N) is 3. The van der Waals surface area contributed by atoms with Gasteiger partial charge < -0.3 is 9.55 Å².